The van der Waals surface area contributed by atoms with E-state index in [0.717, 1.165) is 5.69 Å². The highest BCUT2D eigenvalue weighted by molar-refractivity contribution is 5.40. The van der Waals surface area contributed by atoms with Crippen LogP contribution in [0, 0.1) is 6.92 Å². The number of nitrogens with zero attached hydrogens (tertiary/aromatic N) is 1. The van der Waals surface area contributed by atoms with Crippen LogP contribution in [0.25, 0.3) is 0 Å². The summed E-state index contributed by atoms with van der Waals surface area (Å²) in [6.07, 6.45) is 0. The van der Waals surface area contributed by atoms with E-state index in [1.54, 1.807) is 6.07 Å². The summed E-state index contributed by atoms with van der Waals surface area (Å²) in [5, 5.41) is 18.9. The third kappa shape index (κ3) is 2.04. The molecule has 1 heterocycles. The quantitative estimate of drug-likeness (QED) is 0.719. The molecule has 0 unspecified atom stereocenters. The van der Waals surface area contributed by atoms with Crippen molar-refractivity contribution in [2.45, 2.75) is 39.7 Å². The fourth-order valence-corrected chi connectivity index (χ4v) is 1.38. The SMILES string of the molecule is Cc1cc(CO)c(O)c(C(C)(C)C)n1. The molecule has 0 fully saturated rings. The van der Waals surface area contributed by atoms with Gasteiger partial charge in [-0.3, -0.25) is 4.98 Å². The number of aromatic nitrogens is 1. The Labute approximate surface area is 84.4 Å². The summed E-state index contributed by atoms with van der Waals surface area (Å²) in [6.45, 7) is 7.65. The third-order valence-corrected chi connectivity index (χ3v) is 2.08. The number of hydrogen-bond donors (Lipinski definition) is 2. The maximum atomic E-state index is 9.83. The number of aliphatic hydroxyl groups is 1. The lowest BCUT2D eigenvalue weighted by atomic mass is 9.89. The van der Waals surface area contributed by atoms with Crippen molar-refractivity contribution in [1.82, 2.24) is 4.98 Å². The minimum absolute atomic E-state index is 0.116. The number of aromatic hydroxyl groups is 1. The van der Waals surface area contributed by atoms with E-state index in [1.807, 2.05) is 27.7 Å². The first kappa shape index (κ1) is 11.0. The van der Waals surface area contributed by atoms with E-state index >= 15 is 0 Å². The van der Waals surface area contributed by atoms with Gasteiger partial charge in [0.25, 0.3) is 0 Å². The predicted molar refractivity (Wildman–Crippen MR) is 55.3 cm³/mol. The molecular formula is C11H17NO2. The van der Waals surface area contributed by atoms with Crippen LogP contribution in [0.4, 0.5) is 0 Å². The Bertz CT molecular complexity index is 340. The van der Waals surface area contributed by atoms with Crippen LogP contribution in [0.2, 0.25) is 0 Å². The molecular weight excluding hydrogens is 178 g/mol. The van der Waals surface area contributed by atoms with E-state index in [1.165, 1.54) is 0 Å². The van der Waals surface area contributed by atoms with Crippen LogP contribution in [0.15, 0.2) is 6.07 Å². The molecule has 1 aromatic heterocycles. The van der Waals surface area contributed by atoms with Crippen molar-refractivity contribution in [3.8, 4) is 5.75 Å². The van der Waals surface area contributed by atoms with Crippen molar-refractivity contribution in [3.63, 3.8) is 0 Å². The number of hydrogen-bond acceptors (Lipinski definition) is 3. The highest BCUT2D eigenvalue weighted by atomic mass is 16.3. The molecule has 0 aromatic carbocycles. The number of aliphatic hydroxyl groups excluding tert-OH is 1. The zero-order valence-corrected chi connectivity index (χ0v) is 9.13. The lowest BCUT2D eigenvalue weighted by Gasteiger charge is -2.20. The standard InChI is InChI=1S/C11H17NO2/c1-7-5-8(6-13)9(14)10(12-7)11(2,3)4/h5,13-14H,6H2,1-4H3. The molecule has 2 N–H and O–H groups in total. The third-order valence-electron chi connectivity index (χ3n) is 2.08. The summed E-state index contributed by atoms with van der Waals surface area (Å²) < 4.78 is 0. The fraction of sp³-hybridized carbons (Fsp3) is 0.545. The maximum Gasteiger partial charge on any atom is 0.143 e. The Hall–Kier alpha value is -1.09. The van der Waals surface area contributed by atoms with Crippen LogP contribution in [-0.4, -0.2) is 15.2 Å². The van der Waals surface area contributed by atoms with E-state index in [2.05, 4.69) is 4.98 Å². The van der Waals surface area contributed by atoms with Gasteiger partial charge in [0.15, 0.2) is 0 Å². The van der Waals surface area contributed by atoms with E-state index in [-0.39, 0.29) is 17.8 Å². The summed E-state index contributed by atoms with van der Waals surface area (Å²) in [4.78, 5) is 4.29. The van der Waals surface area contributed by atoms with Crippen molar-refractivity contribution in [2.75, 3.05) is 0 Å². The van der Waals surface area contributed by atoms with Gasteiger partial charge >= 0.3 is 0 Å². The minimum atomic E-state index is -0.208. The summed E-state index contributed by atoms with van der Waals surface area (Å²) in [6, 6.07) is 1.70. The monoisotopic (exact) mass is 195 g/mol. The molecule has 14 heavy (non-hydrogen) atoms. The number of pyridine rings is 1. The van der Waals surface area contributed by atoms with Crippen LogP contribution in [0.5, 0.6) is 5.75 Å². The Morgan fingerprint density at radius 1 is 1.36 bits per heavy atom. The van der Waals surface area contributed by atoms with E-state index in [9.17, 15) is 5.11 Å². The summed E-state index contributed by atoms with van der Waals surface area (Å²) >= 11 is 0. The van der Waals surface area contributed by atoms with Crippen LogP contribution in [0.3, 0.4) is 0 Å². The molecule has 0 atom stereocenters. The predicted octanol–water partition coefficient (Wildman–Crippen LogP) is 1.89. The average molecular weight is 195 g/mol. The summed E-state index contributed by atoms with van der Waals surface area (Å²) in [5.74, 6) is 0.116. The number of aryl methyl sites for hydroxylation is 1. The lowest BCUT2D eigenvalue weighted by Crippen LogP contribution is -2.15. The van der Waals surface area contributed by atoms with Crippen molar-refractivity contribution in [2.24, 2.45) is 0 Å². The molecule has 0 saturated carbocycles. The van der Waals surface area contributed by atoms with Crippen LogP contribution in [0.1, 0.15) is 37.7 Å². The van der Waals surface area contributed by atoms with Gasteiger partial charge in [-0.25, -0.2) is 0 Å². The molecule has 0 aliphatic heterocycles. The zero-order valence-electron chi connectivity index (χ0n) is 9.13. The molecule has 1 rings (SSSR count). The first-order valence-corrected chi connectivity index (χ1v) is 4.67. The van der Waals surface area contributed by atoms with Gasteiger partial charge in [0.1, 0.15) is 5.75 Å². The molecule has 78 valence electrons. The molecule has 3 heteroatoms. The average Bonchev–Trinajstić information content (AvgIpc) is 2.06. The topological polar surface area (TPSA) is 53.4 Å². The van der Waals surface area contributed by atoms with Crippen LogP contribution in [-0.2, 0) is 12.0 Å². The first-order valence-electron chi connectivity index (χ1n) is 4.67. The van der Waals surface area contributed by atoms with Gasteiger partial charge in [-0.1, -0.05) is 20.8 Å². The smallest absolute Gasteiger partial charge is 0.143 e. The van der Waals surface area contributed by atoms with Gasteiger partial charge in [0.2, 0.25) is 0 Å². The first-order chi connectivity index (χ1) is 6.36. The highest BCUT2D eigenvalue weighted by Crippen LogP contribution is 2.31. The summed E-state index contributed by atoms with van der Waals surface area (Å²) in [7, 11) is 0. The molecule has 3 nitrogen and oxygen atoms in total. The Kier molecular flexibility index (Phi) is 2.81. The molecule has 0 radical (unpaired) electrons. The Morgan fingerprint density at radius 2 is 1.93 bits per heavy atom. The van der Waals surface area contributed by atoms with Gasteiger partial charge in [-0.2, -0.15) is 0 Å². The Morgan fingerprint density at radius 3 is 2.36 bits per heavy atom. The minimum Gasteiger partial charge on any atom is -0.506 e. The van der Waals surface area contributed by atoms with Crippen molar-refractivity contribution in [3.05, 3.63) is 23.0 Å². The van der Waals surface area contributed by atoms with Gasteiger partial charge in [0, 0.05) is 16.7 Å². The molecule has 0 aliphatic rings. The molecule has 0 bridgehead atoms. The van der Waals surface area contributed by atoms with Crippen molar-refractivity contribution in [1.29, 1.82) is 0 Å². The molecule has 0 spiro atoms. The Balaban J connectivity index is 3.37. The van der Waals surface area contributed by atoms with Gasteiger partial charge in [-0.15, -0.1) is 0 Å². The second kappa shape index (κ2) is 3.58. The van der Waals surface area contributed by atoms with Gasteiger partial charge in [-0.05, 0) is 13.0 Å². The second-order valence-electron chi connectivity index (χ2n) is 4.53. The highest BCUT2D eigenvalue weighted by Gasteiger charge is 2.22. The fourth-order valence-electron chi connectivity index (χ4n) is 1.38. The normalized spacial score (nSPS) is 11.8. The van der Waals surface area contributed by atoms with Crippen molar-refractivity contribution >= 4 is 0 Å². The maximum absolute atomic E-state index is 9.83. The van der Waals surface area contributed by atoms with Crippen molar-refractivity contribution < 1.29 is 10.2 Å². The van der Waals surface area contributed by atoms with Gasteiger partial charge < -0.3 is 10.2 Å². The van der Waals surface area contributed by atoms with E-state index in [0.29, 0.717) is 11.3 Å². The lowest BCUT2D eigenvalue weighted by molar-refractivity contribution is 0.273. The molecule has 0 saturated heterocycles. The zero-order chi connectivity index (χ0) is 10.9. The van der Waals surface area contributed by atoms with Crippen LogP contribution >= 0.6 is 0 Å². The summed E-state index contributed by atoms with van der Waals surface area (Å²) in [5.41, 5.74) is 1.79. The second-order valence-corrected chi connectivity index (χ2v) is 4.53. The van der Waals surface area contributed by atoms with Gasteiger partial charge in [0.05, 0.1) is 12.3 Å². The van der Waals surface area contributed by atoms with E-state index < -0.39 is 0 Å². The van der Waals surface area contributed by atoms with E-state index in [4.69, 9.17) is 5.11 Å². The molecule has 1 aromatic rings. The number of rotatable bonds is 1. The molecule has 0 aliphatic carbocycles. The molecule has 0 amide bonds. The largest absolute Gasteiger partial charge is 0.506 e. The van der Waals surface area contributed by atoms with Crippen LogP contribution < -0.4 is 0 Å².